The van der Waals surface area contributed by atoms with Crippen molar-refractivity contribution in [2.75, 3.05) is 49.5 Å². The minimum Gasteiger partial charge on any atom is -0.353 e. The van der Waals surface area contributed by atoms with E-state index in [4.69, 9.17) is 0 Å². The lowest BCUT2D eigenvalue weighted by Gasteiger charge is -2.36. The van der Waals surface area contributed by atoms with Crippen LogP contribution in [0.15, 0.2) is 67.1 Å². The third kappa shape index (κ3) is 5.17. The van der Waals surface area contributed by atoms with Gasteiger partial charge in [0.25, 0.3) is 0 Å². The molecule has 4 aromatic rings. The van der Waals surface area contributed by atoms with E-state index in [-0.39, 0.29) is 0 Å². The number of piperazine rings is 1. The van der Waals surface area contributed by atoms with Gasteiger partial charge in [0, 0.05) is 68.8 Å². The minimum absolute atomic E-state index is 0.311. The Kier molecular flexibility index (Phi) is 6.45. The summed E-state index contributed by atoms with van der Waals surface area (Å²) >= 11 is 0. The van der Waals surface area contributed by atoms with Gasteiger partial charge in [-0.3, -0.25) is 4.90 Å². The smallest absolute Gasteiger partial charge is 0.353 e. The fourth-order valence-corrected chi connectivity index (χ4v) is 4.24. The Balaban J connectivity index is 1.35. The summed E-state index contributed by atoms with van der Waals surface area (Å²) in [6.45, 7) is 4.63. The predicted molar refractivity (Wildman–Crippen MR) is 129 cm³/mol. The first-order valence-electron chi connectivity index (χ1n) is 11.4. The number of hydrogen-bond acceptors (Lipinski definition) is 7. The molecule has 1 aromatic carbocycles. The molecule has 0 saturated carbocycles. The van der Waals surface area contributed by atoms with Gasteiger partial charge in [-0.05, 0) is 23.8 Å². The Bertz CT molecular complexity index is 1270. The lowest BCUT2D eigenvalue weighted by molar-refractivity contribution is -0.140. The van der Waals surface area contributed by atoms with Gasteiger partial charge in [0.1, 0.15) is 11.5 Å². The highest BCUT2D eigenvalue weighted by Crippen LogP contribution is 2.36. The third-order valence-corrected chi connectivity index (χ3v) is 6.03. The van der Waals surface area contributed by atoms with E-state index in [1.165, 1.54) is 6.07 Å². The number of aromatic nitrogens is 4. The second-order valence-corrected chi connectivity index (χ2v) is 8.28. The van der Waals surface area contributed by atoms with Gasteiger partial charge in [0.2, 0.25) is 5.95 Å². The molecule has 0 spiro atoms. The highest BCUT2D eigenvalue weighted by Gasteiger charge is 2.33. The topological polar surface area (TPSA) is 70.1 Å². The van der Waals surface area contributed by atoms with E-state index >= 15 is 0 Å². The van der Waals surface area contributed by atoms with Crippen molar-refractivity contribution >= 4 is 22.7 Å². The van der Waals surface area contributed by atoms with Crippen molar-refractivity contribution in [3.05, 3.63) is 72.8 Å². The SMILES string of the molecule is FC(F)(F)c1ccc2c(N3CCN(CCNc4ncccn4)CC3)ncc(-c3ccccc3)c2n1. The molecule has 4 heterocycles. The van der Waals surface area contributed by atoms with E-state index < -0.39 is 11.9 Å². The monoisotopic (exact) mass is 479 g/mol. The van der Waals surface area contributed by atoms with Crippen LogP contribution < -0.4 is 10.2 Å². The summed E-state index contributed by atoms with van der Waals surface area (Å²) < 4.78 is 40.4. The van der Waals surface area contributed by atoms with Crippen LogP contribution in [0.5, 0.6) is 0 Å². The Morgan fingerprint density at radius 3 is 2.31 bits per heavy atom. The van der Waals surface area contributed by atoms with Gasteiger partial charge in [-0.1, -0.05) is 30.3 Å². The standard InChI is InChI=1S/C25H24F3N7/c26-25(27,28)21-8-7-19-22(33-21)20(18-5-2-1-3-6-18)17-32-23(19)35-15-13-34(14-16-35)12-11-31-24-29-9-4-10-30-24/h1-10,17H,11-16H2,(H,29,30,31). The van der Waals surface area contributed by atoms with Gasteiger partial charge in [0.05, 0.1) is 5.52 Å². The molecule has 0 atom stereocenters. The molecule has 1 fully saturated rings. The summed E-state index contributed by atoms with van der Waals surface area (Å²) in [6, 6.07) is 13.6. The maximum absolute atomic E-state index is 13.5. The molecular weight excluding hydrogens is 455 g/mol. The summed E-state index contributed by atoms with van der Waals surface area (Å²) in [5.41, 5.74) is 0.774. The van der Waals surface area contributed by atoms with Gasteiger partial charge in [-0.25, -0.2) is 19.9 Å². The third-order valence-electron chi connectivity index (χ3n) is 6.03. The molecule has 0 aliphatic carbocycles. The van der Waals surface area contributed by atoms with Crippen molar-refractivity contribution in [3.63, 3.8) is 0 Å². The second-order valence-electron chi connectivity index (χ2n) is 8.28. The predicted octanol–water partition coefficient (Wildman–Crippen LogP) is 4.34. The van der Waals surface area contributed by atoms with Crippen LogP contribution in [0.1, 0.15) is 5.69 Å². The summed E-state index contributed by atoms with van der Waals surface area (Å²) in [4.78, 5) is 21.5. The lowest BCUT2D eigenvalue weighted by atomic mass is 10.0. The first kappa shape index (κ1) is 23.0. The number of pyridine rings is 2. The van der Waals surface area contributed by atoms with Gasteiger partial charge in [-0.2, -0.15) is 13.2 Å². The molecular formula is C25H24F3N7. The van der Waals surface area contributed by atoms with E-state index in [2.05, 4.69) is 35.1 Å². The van der Waals surface area contributed by atoms with Crippen molar-refractivity contribution in [1.82, 2.24) is 24.8 Å². The Morgan fingerprint density at radius 2 is 1.60 bits per heavy atom. The van der Waals surface area contributed by atoms with Gasteiger partial charge >= 0.3 is 6.18 Å². The quantitative estimate of drug-likeness (QED) is 0.441. The highest BCUT2D eigenvalue weighted by molar-refractivity contribution is 5.99. The molecule has 7 nitrogen and oxygen atoms in total. The van der Waals surface area contributed by atoms with E-state index in [0.29, 0.717) is 28.2 Å². The first-order valence-corrected chi connectivity index (χ1v) is 11.4. The maximum Gasteiger partial charge on any atom is 0.433 e. The van der Waals surface area contributed by atoms with E-state index in [9.17, 15) is 13.2 Å². The van der Waals surface area contributed by atoms with Gasteiger partial charge in [0.15, 0.2) is 0 Å². The normalized spacial score (nSPS) is 14.9. The number of benzene rings is 1. The number of hydrogen-bond donors (Lipinski definition) is 1. The van der Waals surface area contributed by atoms with Crippen LogP contribution in [0.25, 0.3) is 22.0 Å². The van der Waals surface area contributed by atoms with Crippen LogP contribution in [0, 0.1) is 0 Å². The van der Waals surface area contributed by atoms with Crippen molar-refractivity contribution in [1.29, 1.82) is 0 Å². The molecule has 3 aromatic heterocycles. The number of rotatable bonds is 6. The number of nitrogens with one attached hydrogen (secondary N) is 1. The van der Waals surface area contributed by atoms with Crippen LogP contribution in [-0.4, -0.2) is 64.1 Å². The largest absolute Gasteiger partial charge is 0.433 e. The molecule has 5 rings (SSSR count). The van der Waals surface area contributed by atoms with Gasteiger partial charge in [-0.15, -0.1) is 0 Å². The number of fused-ring (bicyclic) bond motifs is 1. The van der Waals surface area contributed by atoms with E-state index in [1.54, 1.807) is 24.7 Å². The first-order chi connectivity index (χ1) is 17.0. The average Bonchev–Trinajstić information content (AvgIpc) is 2.89. The summed E-state index contributed by atoms with van der Waals surface area (Å²) in [5, 5.41) is 3.83. The molecule has 0 unspecified atom stereocenters. The van der Waals surface area contributed by atoms with Gasteiger partial charge < -0.3 is 10.2 Å². The van der Waals surface area contributed by atoms with E-state index in [0.717, 1.165) is 50.9 Å². The number of anilines is 2. The molecule has 1 saturated heterocycles. The molecule has 180 valence electrons. The van der Waals surface area contributed by atoms with Crippen LogP contribution in [-0.2, 0) is 6.18 Å². The zero-order valence-corrected chi connectivity index (χ0v) is 18.9. The molecule has 1 aliphatic rings. The molecule has 0 radical (unpaired) electrons. The van der Waals surface area contributed by atoms with Crippen molar-refractivity contribution in [2.24, 2.45) is 0 Å². The zero-order chi connectivity index (χ0) is 24.3. The van der Waals surface area contributed by atoms with Crippen LogP contribution >= 0.6 is 0 Å². The molecule has 1 N–H and O–H groups in total. The minimum atomic E-state index is -4.52. The number of nitrogens with zero attached hydrogens (tertiary/aromatic N) is 6. The Hall–Kier alpha value is -3.79. The fraction of sp³-hybridized carbons (Fsp3) is 0.280. The molecule has 10 heteroatoms. The molecule has 35 heavy (non-hydrogen) atoms. The maximum atomic E-state index is 13.5. The highest BCUT2D eigenvalue weighted by atomic mass is 19.4. The van der Waals surface area contributed by atoms with Crippen molar-refractivity contribution < 1.29 is 13.2 Å². The van der Waals surface area contributed by atoms with E-state index in [1.807, 2.05) is 30.3 Å². The fourth-order valence-electron chi connectivity index (χ4n) is 4.24. The molecule has 0 amide bonds. The second kappa shape index (κ2) is 9.83. The van der Waals surface area contributed by atoms with Crippen LogP contribution in [0.3, 0.4) is 0 Å². The van der Waals surface area contributed by atoms with Crippen molar-refractivity contribution in [2.45, 2.75) is 6.18 Å². The molecule has 1 aliphatic heterocycles. The number of halogens is 3. The van der Waals surface area contributed by atoms with Crippen LogP contribution in [0.4, 0.5) is 24.9 Å². The summed E-state index contributed by atoms with van der Waals surface area (Å²) in [5.74, 6) is 1.27. The number of alkyl halides is 3. The summed E-state index contributed by atoms with van der Waals surface area (Å²) in [7, 11) is 0. The van der Waals surface area contributed by atoms with Crippen LogP contribution in [0.2, 0.25) is 0 Å². The zero-order valence-electron chi connectivity index (χ0n) is 18.9. The van der Waals surface area contributed by atoms with Crippen molar-refractivity contribution in [3.8, 4) is 11.1 Å². The summed E-state index contributed by atoms with van der Waals surface area (Å²) in [6.07, 6.45) is 0.508. The lowest BCUT2D eigenvalue weighted by Crippen LogP contribution is -2.48. The average molecular weight is 480 g/mol. The Morgan fingerprint density at radius 1 is 0.857 bits per heavy atom. The Labute approximate surface area is 200 Å². The molecule has 0 bridgehead atoms.